The fourth-order valence-corrected chi connectivity index (χ4v) is 0.953. The Kier molecular flexibility index (Phi) is 32.0. The minimum Gasteiger partial charge on any atom is -1.00 e. The topological polar surface area (TPSA) is 37.3 Å². The van der Waals surface area contributed by atoms with Crippen LogP contribution in [0.2, 0.25) is 0 Å². The molecule has 0 radical (unpaired) electrons. The fourth-order valence-electron chi connectivity index (χ4n) is 0.953. The molecule has 0 spiro atoms. The van der Waals surface area contributed by atoms with E-state index in [0.717, 1.165) is 25.7 Å². The van der Waals surface area contributed by atoms with Crippen LogP contribution in [0.1, 0.15) is 41.0 Å². The number of aliphatic carboxylic acids is 1. The molecule has 0 aliphatic rings. The van der Waals surface area contributed by atoms with Crippen molar-refractivity contribution in [3.63, 3.8) is 0 Å². The molecule has 0 bridgehead atoms. The van der Waals surface area contributed by atoms with Crippen molar-refractivity contribution < 1.29 is 62.7 Å². The predicted molar refractivity (Wildman–Crippen MR) is 62.3 cm³/mol. The van der Waals surface area contributed by atoms with Crippen molar-refractivity contribution in [2.45, 2.75) is 39.5 Å². The Morgan fingerprint density at radius 3 is 2.15 bits per heavy atom. The second-order valence-corrected chi connectivity index (χ2v) is 2.59. The van der Waals surface area contributed by atoms with Gasteiger partial charge in [-0.2, -0.15) is 0 Å². The first kappa shape index (κ1) is 24.6. The molecule has 0 amide bonds. The first-order chi connectivity index (χ1) is 4.72. The molecule has 2 nitrogen and oxygen atoms in total. The molecular formula is C8H21BiBrKO2. The summed E-state index contributed by atoms with van der Waals surface area (Å²) in [4.78, 5) is 10.4. The second-order valence-electron chi connectivity index (χ2n) is 2.59. The zero-order chi connectivity index (χ0) is 7.98. The molecule has 0 aliphatic heterocycles. The Balaban J connectivity index is -0.0000000675. The molecule has 0 saturated carbocycles. The third-order valence-corrected chi connectivity index (χ3v) is 1.75. The SMILES string of the molecule is Br.CCCCC(CC)C(=O)O.[BiH3].[H-].[K+]. The number of rotatable bonds is 5. The largest absolute Gasteiger partial charge is 1.00 e. The number of halogens is 1. The van der Waals surface area contributed by atoms with Gasteiger partial charge in [0.25, 0.3) is 0 Å². The third-order valence-electron chi connectivity index (χ3n) is 1.75. The van der Waals surface area contributed by atoms with Crippen LogP contribution in [0.25, 0.3) is 0 Å². The standard InChI is InChI=1S/C8H16O2.Bi.BrH.K.4H/c1-3-5-6-7(4-2)8(9)10;;;;;;;/h7H,3-6H2,1-2H3,(H,9,10);;1H;;;;;/q;;;+1;;;;-1. The molecule has 0 rings (SSSR count). The molecule has 1 unspecified atom stereocenters. The second kappa shape index (κ2) is 16.9. The zero-order valence-electron chi connectivity index (χ0n) is 9.88. The van der Waals surface area contributed by atoms with E-state index in [1.807, 2.05) is 6.92 Å². The maximum Gasteiger partial charge on any atom is 1.00 e. The van der Waals surface area contributed by atoms with E-state index in [1.165, 1.54) is 0 Å². The number of carboxylic acid groups (broad SMARTS) is 1. The van der Waals surface area contributed by atoms with Gasteiger partial charge >= 0.3 is 83.6 Å². The predicted octanol–water partition coefficient (Wildman–Crippen LogP) is -1.20. The van der Waals surface area contributed by atoms with Crippen molar-refractivity contribution in [1.29, 1.82) is 0 Å². The van der Waals surface area contributed by atoms with Gasteiger partial charge in [0.15, 0.2) is 0 Å². The van der Waals surface area contributed by atoms with Crippen molar-refractivity contribution >= 4 is 49.2 Å². The monoisotopic (exact) mass is 476 g/mol. The number of hydrogen-bond donors (Lipinski definition) is 1. The van der Waals surface area contributed by atoms with Crippen LogP contribution >= 0.6 is 17.0 Å². The number of carboxylic acids is 1. The number of carbonyl (C=O) groups is 1. The van der Waals surface area contributed by atoms with Gasteiger partial charge in [-0.1, -0.05) is 26.7 Å². The quantitative estimate of drug-likeness (QED) is 0.506. The molecule has 0 aromatic heterocycles. The van der Waals surface area contributed by atoms with E-state index in [0.29, 0.717) is 0 Å². The van der Waals surface area contributed by atoms with Crippen molar-refractivity contribution in [1.82, 2.24) is 0 Å². The van der Waals surface area contributed by atoms with Crippen LogP contribution in [0.5, 0.6) is 0 Å². The molecule has 78 valence electrons. The smallest absolute Gasteiger partial charge is 1.00 e. The molecule has 0 fully saturated rings. The molecule has 13 heavy (non-hydrogen) atoms. The first-order valence-corrected chi connectivity index (χ1v) is 3.95. The number of unbranched alkanes of at least 4 members (excludes halogenated alkanes) is 1. The van der Waals surface area contributed by atoms with Gasteiger partial charge < -0.3 is 6.53 Å². The summed E-state index contributed by atoms with van der Waals surface area (Å²) in [6.07, 6.45) is 3.71. The van der Waals surface area contributed by atoms with Crippen LogP contribution in [-0.2, 0) is 4.79 Å². The van der Waals surface area contributed by atoms with Gasteiger partial charge in [-0.3, -0.25) is 4.79 Å². The van der Waals surface area contributed by atoms with E-state index in [4.69, 9.17) is 5.11 Å². The average molecular weight is 477 g/mol. The van der Waals surface area contributed by atoms with Crippen molar-refractivity contribution in [2.24, 2.45) is 5.92 Å². The normalized spacial score (nSPS) is 10.0. The molecule has 0 aromatic rings. The fraction of sp³-hybridized carbons (Fsp3) is 0.875. The molecule has 1 atom stereocenters. The summed E-state index contributed by atoms with van der Waals surface area (Å²) in [6.45, 7) is 4.00. The molecule has 5 heteroatoms. The zero-order valence-corrected chi connectivity index (χ0v) is 19.2. The minimum absolute atomic E-state index is 0. The van der Waals surface area contributed by atoms with Crippen molar-refractivity contribution in [3.8, 4) is 0 Å². The Morgan fingerprint density at radius 2 is 1.92 bits per heavy atom. The molecular weight excluding hydrogens is 456 g/mol. The van der Waals surface area contributed by atoms with Gasteiger partial charge in [0.1, 0.15) is 0 Å². The van der Waals surface area contributed by atoms with Gasteiger partial charge in [0, 0.05) is 0 Å². The van der Waals surface area contributed by atoms with E-state index in [1.54, 1.807) is 0 Å². The van der Waals surface area contributed by atoms with Crippen LogP contribution in [0.3, 0.4) is 0 Å². The van der Waals surface area contributed by atoms with E-state index in [-0.39, 0.29) is 102 Å². The van der Waals surface area contributed by atoms with E-state index < -0.39 is 5.97 Å². The summed E-state index contributed by atoms with van der Waals surface area (Å²) >= 11 is 0. The molecule has 0 aromatic carbocycles. The molecule has 0 aliphatic carbocycles. The van der Waals surface area contributed by atoms with Gasteiger partial charge in [-0.25, -0.2) is 0 Å². The van der Waals surface area contributed by atoms with Crippen LogP contribution in [0.4, 0.5) is 0 Å². The summed E-state index contributed by atoms with van der Waals surface area (Å²) in [6, 6.07) is 0. The summed E-state index contributed by atoms with van der Waals surface area (Å²) in [5.41, 5.74) is 0. The number of hydrogen-bond acceptors (Lipinski definition) is 1. The summed E-state index contributed by atoms with van der Waals surface area (Å²) in [5.74, 6) is -0.754. The maximum absolute atomic E-state index is 10.4. The van der Waals surface area contributed by atoms with Gasteiger partial charge in [-0.05, 0) is 12.8 Å². The van der Waals surface area contributed by atoms with E-state index >= 15 is 0 Å². The van der Waals surface area contributed by atoms with E-state index in [9.17, 15) is 4.79 Å². The summed E-state index contributed by atoms with van der Waals surface area (Å²) < 4.78 is 0. The maximum atomic E-state index is 10.4. The van der Waals surface area contributed by atoms with E-state index in [2.05, 4.69) is 6.92 Å². The van der Waals surface area contributed by atoms with Crippen LogP contribution in [0.15, 0.2) is 0 Å². The summed E-state index contributed by atoms with van der Waals surface area (Å²) in [5, 5.41) is 8.60. The van der Waals surface area contributed by atoms with Crippen LogP contribution in [-0.4, -0.2) is 37.3 Å². The molecule has 0 heterocycles. The first-order valence-electron chi connectivity index (χ1n) is 3.95. The van der Waals surface area contributed by atoms with Crippen LogP contribution in [0, 0.1) is 5.92 Å². The molecule has 0 saturated heterocycles. The van der Waals surface area contributed by atoms with Crippen molar-refractivity contribution in [2.75, 3.05) is 0 Å². The summed E-state index contributed by atoms with van der Waals surface area (Å²) in [7, 11) is 0. The molecule has 1 N–H and O–H groups in total. The third kappa shape index (κ3) is 14.5. The van der Waals surface area contributed by atoms with Gasteiger partial charge in [0.2, 0.25) is 0 Å². The minimum atomic E-state index is -0.643. The Bertz CT molecular complexity index is 120. The van der Waals surface area contributed by atoms with Crippen molar-refractivity contribution in [3.05, 3.63) is 0 Å². The Hall–Kier alpha value is 2.47. The Labute approximate surface area is 154 Å². The van der Waals surface area contributed by atoms with Gasteiger partial charge in [-0.15, -0.1) is 17.0 Å². The Morgan fingerprint density at radius 1 is 1.46 bits per heavy atom. The van der Waals surface area contributed by atoms with Crippen LogP contribution < -0.4 is 51.4 Å². The average Bonchev–Trinajstić information content (AvgIpc) is 1.89. The van der Waals surface area contributed by atoms with Gasteiger partial charge in [0.05, 0.1) is 5.92 Å².